The first kappa shape index (κ1) is 10.3. The van der Waals surface area contributed by atoms with Crippen LogP contribution in [-0.4, -0.2) is 19.2 Å². The number of benzene rings is 1. The second kappa shape index (κ2) is 4.56. The molecule has 1 N–H and O–H groups in total. The van der Waals surface area contributed by atoms with Gasteiger partial charge < -0.3 is 10.1 Å². The highest BCUT2D eigenvalue weighted by atomic mass is 16.5. The summed E-state index contributed by atoms with van der Waals surface area (Å²) >= 11 is 0. The van der Waals surface area contributed by atoms with Crippen molar-refractivity contribution in [3.05, 3.63) is 35.4 Å². The first-order chi connectivity index (χ1) is 7.95. The molecule has 0 amide bonds. The maximum Gasteiger partial charge on any atom is 0.0980 e. The zero-order chi connectivity index (χ0) is 10.8. The van der Waals surface area contributed by atoms with Gasteiger partial charge in [-0.3, -0.25) is 0 Å². The van der Waals surface area contributed by atoms with Crippen LogP contribution in [0.2, 0.25) is 0 Å². The Morgan fingerprint density at radius 1 is 1.19 bits per heavy atom. The Morgan fingerprint density at radius 3 is 3.00 bits per heavy atom. The quantitative estimate of drug-likeness (QED) is 0.780. The fourth-order valence-corrected chi connectivity index (χ4v) is 2.90. The van der Waals surface area contributed by atoms with Crippen LogP contribution in [0.4, 0.5) is 0 Å². The Bertz CT molecular complexity index is 358. The molecule has 2 nitrogen and oxygen atoms in total. The van der Waals surface area contributed by atoms with Crippen LogP contribution in [0, 0.1) is 0 Å². The zero-order valence-corrected chi connectivity index (χ0v) is 9.61. The molecule has 1 aromatic rings. The molecule has 1 saturated heterocycles. The lowest BCUT2D eigenvalue weighted by Crippen LogP contribution is -2.41. The minimum Gasteiger partial charge on any atom is -0.372 e. The van der Waals surface area contributed by atoms with Crippen molar-refractivity contribution in [2.75, 3.05) is 13.2 Å². The summed E-state index contributed by atoms with van der Waals surface area (Å²) in [5, 5.41) is 3.60. The molecule has 2 aliphatic heterocycles. The molecule has 0 saturated carbocycles. The van der Waals surface area contributed by atoms with Crippen LogP contribution in [0.3, 0.4) is 0 Å². The van der Waals surface area contributed by atoms with Crippen molar-refractivity contribution < 1.29 is 4.74 Å². The summed E-state index contributed by atoms with van der Waals surface area (Å²) in [6, 6.07) is 9.26. The van der Waals surface area contributed by atoms with Crippen molar-refractivity contribution >= 4 is 0 Å². The van der Waals surface area contributed by atoms with E-state index in [1.807, 2.05) is 0 Å². The van der Waals surface area contributed by atoms with Crippen LogP contribution in [0.25, 0.3) is 0 Å². The van der Waals surface area contributed by atoms with E-state index in [0.29, 0.717) is 6.04 Å². The van der Waals surface area contributed by atoms with Gasteiger partial charge in [0.25, 0.3) is 0 Å². The molecule has 1 fully saturated rings. The molecule has 2 heteroatoms. The van der Waals surface area contributed by atoms with Crippen LogP contribution >= 0.6 is 0 Å². The fourth-order valence-electron chi connectivity index (χ4n) is 2.90. The highest BCUT2D eigenvalue weighted by molar-refractivity contribution is 5.32. The van der Waals surface area contributed by atoms with Gasteiger partial charge in [0.2, 0.25) is 0 Å². The molecule has 3 rings (SSSR count). The van der Waals surface area contributed by atoms with E-state index in [4.69, 9.17) is 4.74 Å². The number of fused-ring (bicyclic) bond motifs is 1. The van der Waals surface area contributed by atoms with E-state index in [9.17, 15) is 0 Å². The van der Waals surface area contributed by atoms with Gasteiger partial charge in [0.15, 0.2) is 0 Å². The molecule has 0 bridgehead atoms. The third kappa shape index (κ3) is 1.87. The third-order valence-electron chi connectivity index (χ3n) is 3.74. The van der Waals surface area contributed by atoms with Gasteiger partial charge in [-0.2, -0.15) is 0 Å². The summed E-state index contributed by atoms with van der Waals surface area (Å²) in [5.41, 5.74) is 2.89. The summed E-state index contributed by atoms with van der Waals surface area (Å²) in [4.78, 5) is 0. The standard InChI is InChI=1S/C14H19NO/c1-2-6-12-11(5-1)8-10-16-14(12)13-7-3-4-9-15-13/h1-2,5-6,13-15H,3-4,7-10H2/t13-,14-/m0/s1. The van der Waals surface area contributed by atoms with Gasteiger partial charge in [0, 0.05) is 6.04 Å². The van der Waals surface area contributed by atoms with Crippen molar-refractivity contribution in [2.45, 2.75) is 37.8 Å². The summed E-state index contributed by atoms with van der Waals surface area (Å²) in [6.45, 7) is 2.02. The lowest BCUT2D eigenvalue weighted by atomic mass is 9.89. The Hall–Kier alpha value is -0.860. The minimum absolute atomic E-state index is 0.283. The highest BCUT2D eigenvalue weighted by Crippen LogP contribution is 2.32. The SMILES string of the molecule is c1ccc2c(c1)CCO[C@@H]2[C@@H]1CCCCN1. The van der Waals surface area contributed by atoms with E-state index in [1.165, 1.54) is 30.4 Å². The lowest BCUT2D eigenvalue weighted by molar-refractivity contribution is 0.00895. The number of nitrogens with one attached hydrogen (secondary N) is 1. The zero-order valence-electron chi connectivity index (χ0n) is 9.61. The number of piperidine rings is 1. The van der Waals surface area contributed by atoms with Crippen molar-refractivity contribution in [1.29, 1.82) is 0 Å². The van der Waals surface area contributed by atoms with Crippen LogP contribution in [0.5, 0.6) is 0 Å². The summed E-state index contributed by atoms with van der Waals surface area (Å²) in [5.74, 6) is 0. The number of hydrogen-bond acceptors (Lipinski definition) is 2. The molecule has 16 heavy (non-hydrogen) atoms. The van der Waals surface area contributed by atoms with Crippen molar-refractivity contribution in [1.82, 2.24) is 5.32 Å². The Morgan fingerprint density at radius 2 is 2.12 bits per heavy atom. The van der Waals surface area contributed by atoms with E-state index in [0.717, 1.165) is 19.6 Å². The monoisotopic (exact) mass is 217 g/mol. The highest BCUT2D eigenvalue weighted by Gasteiger charge is 2.29. The molecule has 0 aliphatic carbocycles. The van der Waals surface area contributed by atoms with E-state index < -0.39 is 0 Å². The molecule has 2 atom stereocenters. The molecule has 2 aliphatic rings. The van der Waals surface area contributed by atoms with Crippen LogP contribution in [0.1, 0.15) is 36.5 Å². The van der Waals surface area contributed by atoms with Gasteiger partial charge in [-0.05, 0) is 36.9 Å². The van der Waals surface area contributed by atoms with Gasteiger partial charge in [0.1, 0.15) is 0 Å². The Balaban J connectivity index is 1.86. The van der Waals surface area contributed by atoms with Crippen LogP contribution < -0.4 is 5.32 Å². The molecular formula is C14H19NO. The molecule has 86 valence electrons. The fraction of sp³-hybridized carbons (Fsp3) is 0.571. The maximum atomic E-state index is 5.98. The smallest absolute Gasteiger partial charge is 0.0980 e. The number of rotatable bonds is 1. The first-order valence-corrected chi connectivity index (χ1v) is 6.38. The molecule has 1 aromatic carbocycles. The largest absolute Gasteiger partial charge is 0.372 e. The molecule has 2 heterocycles. The van der Waals surface area contributed by atoms with Gasteiger partial charge in [-0.1, -0.05) is 30.7 Å². The van der Waals surface area contributed by atoms with Crippen molar-refractivity contribution in [3.8, 4) is 0 Å². The molecule has 0 spiro atoms. The average Bonchev–Trinajstić information content (AvgIpc) is 2.39. The van der Waals surface area contributed by atoms with Gasteiger partial charge in [0.05, 0.1) is 12.7 Å². The van der Waals surface area contributed by atoms with E-state index in [1.54, 1.807) is 0 Å². The van der Waals surface area contributed by atoms with Gasteiger partial charge >= 0.3 is 0 Å². The normalized spacial score (nSPS) is 29.8. The first-order valence-electron chi connectivity index (χ1n) is 6.38. The molecule has 0 aromatic heterocycles. The average molecular weight is 217 g/mol. The summed E-state index contributed by atoms with van der Waals surface area (Å²) in [6.07, 6.45) is 5.24. The van der Waals surface area contributed by atoms with Crippen LogP contribution in [-0.2, 0) is 11.2 Å². The maximum absolute atomic E-state index is 5.98. The number of ether oxygens (including phenoxy) is 1. The van der Waals surface area contributed by atoms with Crippen molar-refractivity contribution in [2.24, 2.45) is 0 Å². The minimum atomic E-state index is 0.283. The van der Waals surface area contributed by atoms with Gasteiger partial charge in [-0.25, -0.2) is 0 Å². The number of hydrogen-bond donors (Lipinski definition) is 1. The van der Waals surface area contributed by atoms with E-state index in [-0.39, 0.29) is 6.10 Å². The third-order valence-corrected chi connectivity index (χ3v) is 3.74. The predicted molar refractivity (Wildman–Crippen MR) is 64.5 cm³/mol. The second-order valence-electron chi connectivity index (χ2n) is 4.80. The Labute approximate surface area is 97.0 Å². The molecule has 0 radical (unpaired) electrons. The summed E-state index contributed by atoms with van der Waals surface area (Å²) < 4.78 is 5.98. The topological polar surface area (TPSA) is 21.3 Å². The summed E-state index contributed by atoms with van der Waals surface area (Å²) in [7, 11) is 0. The Kier molecular flexibility index (Phi) is 2.94. The molecular weight excluding hydrogens is 198 g/mol. The van der Waals surface area contributed by atoms with E-state index >= 15 is 0 Å². The molecule has 0 unspecified atom stereocenters. The van der Waals surface area contributed by atoms with Crippen LogP contribution in [0.15, 0.2) is 24.3 Å². The van der Waals surface area contributed by atoms with Gasteiger partial charge in [-0.15, -0.1) is 0 Å². The predicted octanol–water partition coefficient (Wildman–Crippen LogP) is 2.44. The van der Waals surface area contributed by atoms with Crippen molar-refractivity contribution in [3.63, 3.8) is 0 Å². The van der Waals surface area contributed by atoms with E-state index in [2.05, 4.69) is 29.6 Å². The lowest BCUT2D eigenvalue weighted by Gasteiger charge is -2.35. The second-order valence-corrected chi connectivity index (χ2v) is 4.80.